The zero-order chi connectivity index (χ0) is 10.9. The summed E-state index contributed by atoms with van der Waals surface area (Å²) < 4.78 is 0. The van der Waals surface area contributed by atoms with Crippen molar-refractivity contribution in [3.05, 3.63) is 35.9 Å². The van der Waals surface area contributed by atoms with Crippen molar-refractivity contribution >= 4 is 19.2 Å². The number of rotatable bonds is 7. The van der Waals surface area contributed by atoms with Crippen LogP contribution in [-0.4, -0.2) is 8.11 Å². The van der Waals surface area contributed by atoms with Gasteiger partial charge in [-0.2, -0.15) is 11.1 Å². The molecule has 0 aliphatic heterocycles. The fraction of sp³-hybridized carbons (Fsp3) is 0.538. The normalized spacial score (nSPS) is 12.7. The summed E-state index contributed by atoms with van der Waals surface area (Å²) in [4.78, 5) is 0. The highest BCUT2D eigenvalue weighted by Crippen LogP contribution is 2.14. The van der Waals surface area contributed by atoms with E-state index in [1.165, 1.54) is 43.3 Å². The maximum atomic E-state index is 6.36. The highest BCUT2D eigenvalue weighted by molar-refractivity contribution is 7.06. The van der Waals surface area contributed by atoms with Gasteiger partial charge in [0.1, 0.15) is 8.11 Å². The molecule has 0 amide bonds. The van der Waals surface area contributed by atoms with Crippen LogP contribution in [-0.2, 0) is 6.42 Å². The van der Waals surface area contributed by atoms with Gasteiger partial charge in [-0.25, -0.2) is 0 Å². The van der Waals surface area contributed by atoms with E-state index in [0.717, 1.165) is 0 Å². The molecule has 2 heteroatoms. The third-order valence-electron chi connectivity index (χ3n) is 2.70. The maximum Gasteiger partial charge on any atom is 0.141 e. The molecule has 1 rings (SSSR count). The zero-order valence-corrected chi connectivity index (χ0v) is 11.5. The van der Waals surface area contributed by atoms with Crippen molar-refractivity contribution in [2.75, 3.05) is 0 Å². The third kappa shape index (κ3) is 6.01. The Balaban J connectivity index is 2.11. The van der Waals surface area contributed by atoms with Crippen LogP contribution in [0.5, 0.6) is 0 Å². The summed E-state index contributed by atoms with van der Waals surface area (Å²) in [5.41, 5.74) is 1.45. The van der Waals surface area contributed by atoms with Crippen LogP contribution in [0.1, 0.15) is 31.7 Å². The zero-order valence-electron chi connectivity index (χ0n) is 9.58. The first kappa shape index (κ1) is 12.8. The molecule has 15 heavy (non-hydrogen) atoms. The number of benzene rings is 1. The summed E-state index contributed by atoms with van der Waals surface area (Å²) in [7, 11) is -0.889. The standard InChI is InChI=1S/C13H21ClSi/c1-2-3-11-15(14)12-7-10-13-8-5-4-6-9-13/h4-6,8-9,15H,2-3,7,10-12H2,1H3. The van der Waals surface area contributed by atoms with E-state index in [1.807, 2.05) is 0 Å². The van der Waals surface area contributed by atoms with Gasteiger partial charge in [0.2, 0.25) is 0 Å². The first-order valence-electron chi connectivity index (χ1n) is 6.01. The Hall–Kier alpha value is -0.273. The van der Waals surface area contributed by atoms with E-state index >= 15 is 0 Å². The van der Waals surface area contributed by atoms with Gasteiger partial charge in [0, 0.05) is 0 Å². The lowest BCUT2D eigenvalue weighted by molar-refractivity contribution is 0.860. The molecule has 0 aromatic heterocycles. The molecule has 0 bridgehead atoms. The molecule has 0 radical (unpaired) electrons. The second kappa shape index (κ2) is 7.95. The van der Waals surface area contributed by atoms with Crippen molar-refractivity contribution < 1.29 is 0 Å². The van der Waals surface area contributed by atoms with Crippen LogP contribution >= 0.6 is 11.1 Å². The largest absolute Gasteiger partial charge is 0.172 e. The molecule has 0 fully saturated rings. The molecular weight excluding hydrogens is 220 g/mol. The van der Waals surface area contributed by atoms with Crippen LogP contribution in [0.15, 0.2) is 30.3 Å². The highest BCUT2D eigenvalue weighted by Gasteiger charge is 2.05. The third-order valence-corrected chi connectivity index (χ3v) is 6.08. The van der Waals surface area contributed by atoms with Gasteiger partial charge in [-0.3, -0.25) is 0 Å². The fourth-order valence-electron chi connectivity index (χ4n) is 1.74. The molecule has 0 aliphatic rings. The fourth-order valence-corrected chi connectivity index (χ4v) is 4.46. The summed E-state index contributed by atoms with van der Waals surface area (Å²) in [6.45, 7) is 2.24. The summed E-state index contributed by atoms with van der Waals surface area (Å²) in [5, 5.41) is 0. The highest BCUT2D eigenvalue weighted by atomic mass is 35.6. The Kier molecular flexibility index (Phi) is 6.78. The molecular formula is C13H21ClSi. The number of hydrogen-bond donors (Lipinski definition) is 0. The van der Waals surface area contributed by atoms with Crippen molar-refractivity contribution in [1.29, 1.82) is 0 Å². The lowest BCUT2D eigenvalue weighted by Crippen LogP contribution is -2.03. The first-order chi connectivity index (χ1) is 7.33. The van der Waals surface area contributed by atoms with Gasteiger partial charge in [-0.15, -0.1) is 0 Å². The molecule has 0 nitrogen and oxygen atoms in total. The van der Waals surface area contributed by atoms with E-state index in [4.69, 9.17) is 11.1 Å². The summed E-state index contributed by atoms with van der Waals surface area (Å²) >= 11 is 6.36. The molecule has 1 aromatic rings. The van der Waals surface area contributed by atoms with Crippen molar-refractivity contribution in [2.45, 2.75) is 44.7 Å². The van der Waals surface area contributed by atoms with Crippen LogP contribution in [0.3, 0.4) is 0 Å². The number of aryl methyl sites for hydroxylation is 1. The molecule has 0 N–H and O–H groups in total. The van der Waals surface area contributed by atoms with Crippen LogP contribution in [0.4, 0.5) is 0 Å². The Morgan fingerprint density at radius 3 is 2.40 bits per heavy atom. The Labute approximate surface area is 100.0 Å². The minimum absolute atomic E-state index is 0.889. The molecule has 1 aromatic carbocycles. The minimum Gasteiger partial charge on any atom is -0.172 e. The van der Waals surface area contributed by atoms with Crippen molar-refractivity contribution in [3.63, 3.8) is 0 Å². The van der Waals surface area contributed by atoms with Crippen LogP contribution < -0.4 is 0 Å². The van der Waals surface area contributed by atoms with Gasteiger partial charge in [0.25, 0.3) is 0 Å². The number of hydrogen-bond acceptors (Lipinski definition) is 0. The van der Waals surface area contributed by atoms with Crippen molar-refractivity contribution in [3.8, 4) is 0 Å². The number of halogens is 1. The lowest BCUT2D eigenvalue weighted by atomic mass is 10.1. The Morgan fingerprint density at radius 1 is 1.07 bits per heavy atom. The molecule has 0 aliphatic carbocycles. The molecule has 0 spiro atoms. The average molecular weight is 241 g/mol. The predicted molar refractivity (Wildman–Crippen MR) is 72.3 cm³/mol. The lowest BCUT2D eigenvalue weighted by Gasteiger charge is -2.06. The molecule has 1 unspecified atom stereocenters. The number of unbranched alkanes of at least 4 members (excludes halogenated alkanes) is 1. The van der Waals surface area contributed by atoms with Gasteiger partial charge < -0.3 is 0 Å². The van der Waals surface area contributed by atoms with Gasteiger partial charge in [-0.05, 0) is 24.1 Å². The van der Waals surface area contributed by atoms with Crippen LogP contribution in [0, 0.1) is 0 Å². The van der Waals surface area contributed by atoms with Crippen molar-refractivity contribution in [1.82, 2.24) is 0 Å². The van der Waals surface area contributed by atoms with Gasteiger partial charge in [-0.1, -0.05) is 56.5 Å². The maximum absolute atomic E-state index is 6.36. The van der Waals surface area contributed by atoms with Gasteiger partial charge in [0.05, 0.1) is 0 Å². The quantitative estimate of drug-likeness (QED) is 0.490. The van der Waals surface area contributed by atoms with Gasteiger partial charge >= 0.3 is 0 Å². The van der Waals surface area contributed by atoms with E-state index in [1.54, 1.807) is 0 Å². The van der Waals surface area contributed by atoms with E-state index < -0.39 is 8.11 Å². The molecule has 84 valence electrons. The topological polar surface area (TPSA) is 0 Å². The smallest absolute Gasteiger partial charge is 0.141 e. The van der Waals surface area contributed by atoms with E-state index in [0.29, 0.717) is 0 Å². The summed E-state index contributed by atoms with van der Waals surface area (Å²) in [6, 6.07) is 13.3. The van der Waals surface area contributed by atoms with Crippen LogP contribution in [0.25, 0.3) is 0 Å². The van der Waals surface area contributed by atoms with E-state index in [9.17, 15) is 0 Å². The second-order valence-electron chi connectivity index (χ2n) is 4.12. The van der Waals surface area contributed by atoms with E-state index in [-0.39, 0.29) is 0 Å². The molecule has 0 heterocycles. The van der Waals surface area contributed by atoms with Crippen LogP contribution in [0.2, 0.25) is 12.1 Å². The molecule has 0 saturated carbocycles. The monoisotopic (exact) mass is 240 g/mol. The Bertz CT molecular complexity index is 248. The summed E-state index contributed by atoms with van der Waals surface area (Å²) in [6.07, 6.45) is 5.08. The first-order valence-corrected chi connectivity index (χ1v) is 9.38. The van der Waals surface area contributed by atoms with Crippen molar-refractivity contribution in [2.24, 2.45) is 0 Å². The SMILES string of the molecule is CCCC[SiH](Cl)CCCc1ccccc1. The second-order valence-corrected chi connectivity index (χ2v) is 8.32. The molecule has 0 saturated heterocycles. The van der Waals surface area contributed by atoms with E-state index in [2.05, 4.69) is 37.3 Å². The molecule has 1 atom stereocenters. The predicted octanol–water partition coefficient (Wildman–Crippen LogP) is 4.38. The minimum atomic E-state index is -0.889. The Morgan fingerprint density at radius 2 is 1.73 bits per heavy atom. The summed E-state index contributed by atoms with van der Waals surface area (Å²) in [5.74, 6) is 0. The average Bonchev–Trinajstić information content (AvgIpc) is 2.28. The van der Waals surface area contributed by atoms with Gasteiger partial charge in [0.15, 0.2) is 0 Å².